The van der Waals surface area contributed by atoms with Gasteiger partial charge in [0.05, 0.1) is 11.8 Å². The number of anilines is 1. The zero-order chi connectivity index (χ0) is 10.6. The van der Waals surface area contributed by atoms with Crippen LogP contribution >= 0.6 is 0 Å². The van der Waals surface area contributed by atoms with Gasteiger partial charge in [0.15, 0.2) is 0 Å². The van der Waals surface area contributed by atoms with Crippen molar-refractivity contribution in [2.45, 2.75) is 18.9 Å². The summed E-state index contributed by atoms with van der Waals surface area (Å²) in [5.41, 5.74) is 5.83. The lowest BCUT2D eigenvalue weighted by molar-refractivity contribution is 0.152. The molecule has 0 amide bonds. The molecule has 0 bridgehead atoms. The van der Waals surface area contributed by atoms with Crippen molar-refractivity contribution in [3.05, 3.63) is 29.6 Å². The van der Waals surface area contributed by atoms with Crippen LogP contribution in [0.3, 0.4) is 0 Å². The molecule has 0 saturated carbocycles. The van der Waals surface area contributed by atoms with E-state index >= 15 is 0 Å². The second-order valence-corrected chi connectivity index (χ2v) is 3.12. The van der Waals surface area contributed by atoms with E-state index in [-0.39, 0.29) is 12.3 Å². The molecule has 1 unspecified atom stereocenters. The SMILES string of the molecule is Nc1c(F)cccc1C(O)CCCO. The van der Waals surface area contributed by atoms with Crippen LogP contribution in [0.25, 0.3) is 0 Å². The Balaban J connectivity index is 2.79. The van der Waals surface area contributed by atoms with Crippen molar-refractivity contribution >= 4 is 5.69 Å². The van der Waals surface area contributed by atoms with Crippen LogP contribution in [0.1, 0.15) is 24.5 Å². The van der Waals surface area contributed by atoms with Crippen molar-refractivity contribution < 1.29 is 14.6 Å². The Kier molecular flexibility index (Phi) is 3.85. The standard InChI is InChI=1S/C10H14FNO2/c11-8-4-1-3-7(10(8)12)9(14)5-2-6-13/h1,3-4,9,13-14H,2,5-6,12H2. The molecule has 4 heteroatoms. The van der Waals surface area contributed by atoms with E-state index < -0.39 is 11.9 Å². The molecule has 1 aromatic carbocycles. The predicted molar refractivity (Wildman–Crippen MR) is 52.1 cm³/mol. The lowest BCUT2D eigenvalue weighted by Gasteiger charge is -2.12. The van der Waals surface area contributed by atoms with Crippen molar-refractivity contribution in [3.63, 3.8) is 0 Å². The molecule has 0 aliphatic rings. The van der Waals surface area contributed by atoms with Crippen LogP contribution in [0.4, 0.5) is 10.1 Å². The molecule has 0 aromatic heterocycles. The largest absolute Gasteiger partial charge is 0.396 e. The molecule has 1 aromatic rings. The summed E-state index contributed by atoms with van der Waals surface area (Å²) in [5.74, 6) is -0.523. The molecule has 78 valence electrons. The molecule has 0 fully saturated rings. The molecule has 0 aliphatic heterocycles. The highest BCUT2D eigenvalue weighted by atomic mass is 19.1. The van der Waals surface area contributed by atoms with Gasteiger partial charge in [-0.2, -0.15) is 0 Å². The zero-order valence-corrected chi connectivity index (χ0v) is 7.78. The first kappa shape index (κ1) is 10.9. The normalized spacial score (nSPS) is 12.8. The maximum Gasteiger partial charge on any atom is 0.146 e. The number of aliphatic hydroxyl groups excluding tert-OH is 2. The fourth-order valence-corrected chi connectivity index (χ4v) is 1.28. The number of aliphatic hydroxyl groups is 2. The first-order valence-corrected chi connectivity index (χ1v) is 4.49. The molecule has 0 aliphatic carbocycles. The number of halogens is 1. The molecule has 4 N–H and O–H groups in total. The molecule has 0 spiro atoms. The van der Waals surface area contributed by atoms with Gasteiger partial charge in [0.2, 0.25) is 0 Å². The third-order valence-corrected chi connectivity index (χ3v) is 2.08. The van der Waals surface area contributed by atoms with Crippen molar-refractivity contribution in [2.24, 2.45) is 0 Å². The molecule has 14 heavy (non-hydrogen) atoms. The minimum absolute atomic E-state index is 0.00623. The van der Waals surface area contributed by atoms with Gasteiger partial charge in [-0.1, -0.05) is 12.1 Å². The van der Waals surface area contributed by atoms with Crippen LogP contribution in [0.15, 0.2) is 18.2 Å². The molecule has 1 atom stereocenters. The fourth-order valence-electron chi connectivity index (χ4n) is 1.28. The highest BCUT2D eigenvalue weighted by molar-refractivity contribution is 5.48. The highest BCUT2D eigenvalue weighted by Crippen LogP contribution is 2.25. The van der Waals surface area contributed by atoms with Crippen LogP contribution in [-0.2, 0) is 0 Å². The first-order valence-electron chi connectivity index (χ1n) is 4.49. The quantitative estimate of drug-likeness (QED) is 0.638. The van der Waals surface area contributed by atoms with Gasteiger partial charge in [-0.25, -0.2) is 4.39 Å². The minimum Gasteiger partial charge on any atom is -0.396 e. The van der Waals surface area contributed by atoms with Crippen LogP contribution in [0.5, 0.6) is 0 Å². The van der Waals surface area contributed by atoms with Gasteiger partial charge < -0.3 is 15.9 Å². The third-order valence-electron chi connectivity index (χ3n) is 2.08. The number of para-hydroxylation sites is 1. The Bertz CT molecular complexity index is 304. The molecule has 3 nitrogen and oxygen atoms in total. The minimum atomic E-state index is -0.808. The molecule has 0 radical (unpaired) electrons. The topological polar surface area (TPSA) is 66.5 Å². The van der Waals surface area contributed by atoms with E-state index in [0.29, 0.717) is 18.4 Å². The first-order chi connectivity index (χ1) is 6.66. The van der Waals surface area contributed by atoms with Crippen LogP contribution in [0, 0.1) is 5.82 Å². The Morgan fingerprint density at radius 3 is 2.79 bits per heavy atom. The van der Waals surface area contributed by atoms with Gasteiger partial charge >= 0.3 is 0 Å². The summed E-state index contributed by atoms with van der Waals surface area (Å²) < 4.78 is 13.0. The van der Waals surface area contributed by atoms with E-state index in [9.17, 15) is 9.50 Å². The number of benzene rings is 1. The maximum absolute atomic E-state index is 13.0. The Hall–Kier alpha value is -1.13. The number of nitrogen functional groups attached to an aromatic ring is 1. The molecular weight excluding hydrogens is 185 g/mol. The summed E-state index contributed by atoms with van der Waals surface area (Å²) in [6, 6.07) is 4.33. The number of rotatable bonds is 4. The van der Waals surface area contributed by atoms with E-state index in [4.69, 9.17) is 10.8 Å². The van der Waals surface area contributed by atoms with Gasteiger partial charge in [-0.3, -0.25) is 0 Å². The zero-order valence-electron chi connectivity index (χ0n) is 7.78. The Morgan fingerprint density at radius 2 is 2.14 bits per heavy atom. The highest BCUT2D eigenvalue weighted by Gasteiger charge is 2.12. The lowest BCUT2D eigenvalue weighted by atomic mass is 10.0. The van der Waals surface area contributed by atoms with Crippen LogP contribution < -0.4 is 5.73 Å². The summed E-state index contributed by atoms with van der Waals surface area (Å²) >= 11 is 0. The number of hydrogen-bond acceptors (Lipinski definition) is 3. The maximum atomic E-state index is 13.0. The van der Waals surface area contributed by atoms with Gasteiger partial charge in [0, 0.05) is 12.2 Å². The Labute approximate surface area is 82.0 Å². The molecule has 0 heterocycles. The summed E-state index contributed by atoms with van der Waals surface area (Å²) in [7, 11) is 0. The summed E-state index contributed by atoms with van der Waals surface area (Å²) in [5, 5.41) is 18.2. The molecule has 1 rings (SSSR count). The van der Waals surface area contributed by atoms with Gasteiger partial charge in [-0.15, -0.1) is 0 Å². The lowest BCUT2D eigenvalue weighted by Crippen LogP contribution is -2.04. The van der Waals surface area contributed by atoms with Gasteiger partial charge in [0.25, 0.3) is 0 Å². The summed E-state index contributed by atoms with van der Waals surface area (Å²) in [6.07, 6.45) is 0.0409. The second kappa shape index (κ2) is 4.93. The monoisotopic (exact) mass is 199 g/mol. The van der Waals surface area contributed by atoms with Gasteiger partial charge in [-0.05, 0) is 18.9 Å². The smallest absolute Gasteiger partial charge is 0.146 e. The predicted octanol–water partition coefficient (Wildman–Crippen LogP) is 1.21. The van der Waals surface area contributed by atoms with Crippen molar-refractivity contribution in [2.75, 3.05) is 12.3 Å². The van der Waals surface area contributed by atoms with Crippen molar-refractivity contribution in [3.8, 4) is 0 Å². The molecular formula is C10H14FNO2. The van der Waals surface area contributed by atoms with Crippen molar-refractivity contribution in [1.82, 2.24) is 0 Å². The van der Waals surface area contributed by atoms with E-state index in [1.54, 1.807) is 6.07 Å². The molecule has 0 saturated heterocycles. The average Bonchev–Trinajstić information content (AvgIpc) is 2.18. The van der Waals surface area contributed by atoms with Crippen molar-refractivity contribution in [1.29, 1.82) is 0 Å². The third kappa shape index (κ3) is 2.43. The summed E-state index contributed by atoms with van der Waals surface area (Å²) in [4.78, 5) is 0. The second-order valence-electron chi connectivity index (χ2n) is 3.12. The van der Waals surface area contributed by atoms with Crippen LogP contribution in [-0.4, -0.2) is 16.8 Å². The Morgan fingerprint density at radius 1 is 1.43 bits per heavy atom. The number of hydrogen-bond donors (Lipinski definition) is 3. The summed E-state index contributed by atoms with van der Waals surface area (Å²) in [6.45, 7) is 0.00623. The fraction of sp³-hybridized carbons (Fsp3) is 0.400. The van der Waals surface area contributed by atoms with E-state index in [1.807, 2.05) is 0 Å². The van der Waals surface area contributed by atoms with Crippen LogP contribution in [0.2, 0.25) is 0 Å². The number of nitrogens with two attached hydrogens (primary N) is 1. The van der Waals surface area contributed by atoms with E-state index in [1.165, 1.54) is 12.1 Å². The van der Waals surface area contributed by atoms with Gasteiger partial charge in [0.1, 0.15) is 5.82 Å². The van der Waals surface area contributed by atoms with E-state index in [2.05, 4.69) is 0 Å². The average molecular weight is 199 g/mol. The van der Waals surface area contributed by atoms with E-state index in [0.717, 1.165) is 0 Å².